The predicted molar refractivity (Wildman–Crippen MR) is 169 cm³/mol. The molecule has 0 aliphatic carbocycles. The van der Waals surface area contributed by atoms with Gasteiger partial charge in [-0.1, -0.05) is 73.6 Å². The number of nitrogens with one attached hydrogen (secondary N) is 4. The van der Waals surface area contributed by atoms with Crippen LogP contribution in [0.4, 0.5) is 0 Å². The Morgan fingerprint density at radius 2 is 1.80 bits per heavy atom. The van der Waals surface area contributed by atoms with E-state index in [-0.39, 0.29) is 41.8 Å². The molecule has 4 N–H and O–H groups in total. The van der Waals surface area contributed by atoms with Gasteiger partial charge in [-0.2, -0.15) is 0 Å². The molecule has 2 heterocycles. The van der Waals surface area contributed by atoms with E-state index in [1.807, 2.05) is 75.4 Å². The SMILES string of the molecule is C/C=C/[C@H](C[C@@H]1CCCNC1=O)NC(=O)[C@H](CC(C)C)NC(=O)[C@H](Cc1cccc2ccccc12)NC(=O)c1cc(C)on1. The third kappa shape index (κ3) is 8.78. The zero-order chi connectivity index (χ0) is 31.6. The van der Waals surface area contributed by atoms with Gasteiger partial charge in [0.2, 0.25) is 17.7 Å². The van der Waals surface area contributed by atoms with Crippen molar-refractivity contribution < 1.29 is 23.7 Å². The van der Waals surface area contributed by atoms with Gasteiger partial charge < -0.3 is 25.8 Å². The second-order valence-corrected chi connectivity index (χ2v) is 11.9. The van der Waals surface area contributed by atoms with Gasteiger partial charge in [0.25, 0.3) is 5.91 Å². The first-order valence-corrected chi connectivity index (χ1v) is 15.4. The van der Waals surface area contributed by atoms with Crippen molar-refractivity contribution in [3.8, 4) is 0 Å². The zero-order valence-electron chi connectivity index (χ0n) is 25.9. The van der Waals surface area contributed by atoms with Gasteiger partial charge in [0.1, 0.15) is 17.8 Å². The van der Waals surface area contributed by atoms with Crippen LogP contribution < -0.4 is 21.3 Å². The number of allylic oxidation sites excluding steroid dienone is 1. The van der Waals surface area contributed by atoms with Crippen molar-refractivity contribution >= 4 is 34.4 Å². The van der Waals surface area contributed by atoms with Crippen molar-refractivity contribution in [3.05, 3.63) is 77.7 Å². The molecule has 1 aliphatic heterocycles. The molecule has 2 aromatic carbocycles. The Bertz CT molecular complexity index is 1490. The molecule has 0 unspecified atom stereocenters. The van der Waals surface area contributed by atoms with E-state index in [0.29, 0.717) is 25.1 Å². The van der Waals surface area contributed by atoms with Crippen LogP contribution in [0.1, 0.15) is 68.3 Å². The molecule has 234 valence electrons. The molecular weight excluding hydrogens is 558 g/mol. The largest absolute Gasteiger partial charge is 0.361 e. The van der Waals surface area contributed by atoms with Gasteiger partial charge in [-0.25, -0.2) is 0 Å². The number of carbonyl (C=O) groups excluding carboxylic acids is 4. The number of fused-ring (bicyclic) bond motifs is 1. The normalized spacial score (nSPS) is 17.2. The number of benzene rings is 2. The molecule has 1 fully saturated rings. The van der Waals surface area contributed by atoms with Crippen molar-refractivity contribution in [2.75, 3.05) is 6.54 Å². The van der Waals surface area contributed by atoms with E-state index in [0.717, 1.165) is 29.2 Å². The summed E-state index contributed by atoms with van der Waals surface area (Å²) < 4.78 is 5.07. The number of aryl methyl sites for hydroxylation is 1. The lowest BCUT2D eigenvalue weighted by atomic mass is 9.91. The van der Waals surface area contributed by atoms with Crippen LogP contribution in [0, 0.1) is 18.8 Å². The summed E-state index contributed by atoms with van der Waals surface area (Å²) in [5.74, 6) is -0.994. The maximum Gasteiger partial charge on any atom is 0.274 e. The molecule has 0 saturated carbocycles. The van der Waals surface area contributed by atoms with E-state index in [9.17, 15) is 19.2 Å². The average molecular weight is 602 g/mol. The molecule has 4 amide bonds. The highest BCUT2D eigenvalue weighted by Gasteiger charge is 2.31. The smallest absolute Gasteiger partial charge is 0.274 e. The van der Waals surface area contributed by atoms with Gasteiger partial charge in [-0.15, -0.1) is 0 Å². The maximum absolute atomic E-state index is 13.9. The third-order valence-corrected chi connectivity index (χ3v) is 7.82. The topological polar surface area (TPSA) is 142 Å². The summed E-state index contributed by atoms with van der Waals surface area (Å²) in [6, 6.07) is 13.0. The summed E-state index contributed by atoms with van der Waals surface area (Å²) in [5, 5.41) is 17.5. The van der Waals surface area contributed by atoms with Crippen LogP contribution in [0.15, 0.2) is 65.2 Å². The highest BCUT2D eigenvalue weighted by molar-refractivity contribution is 5.98. The van der Waals surface area contributed by atoms with Crippen molar-refractivity contribution in [3.63, 3.8) is 0 Å². The Hall–Kier alpha value is -4.47. The fraction of sp³-hybridized carbons (Fsp3) is 0.441. The minimum Gasteiger partial charge on any atom is -0.361 e. The number of hydrogen-bond donors (Lipinski definition) is 4. The average Bonchev–Trinajstić information content (AvgIpc) is 3.44. The van der Waals surface area contributed by atoms with Gasteiger partial charge in [-0.3, -0.25) is 19.2 Å². The molecule has 0 radical (unpaired) electrons. The quantitative estimate of drug-likeness (QED) is 0.218. The summed E-state index contributed by atoms with van der Waals surface area (Å²) in [5.41, 5.74) is 0.944. The molecule has 10 heteroatoms. The number of rotatable bonds is 13. The lowest BCUT2D eigenvalue weighted by Crippen LogP contribution is -2.56. The molecule has 4 rings (SSSR count). The number of piperidine rings is 1. The van der Waals surface area contributed by atoms with Gasteiger partial charge >= 0.3 is 0 Å². The molecule has 0 bridgehead atoms. The first kappa shape index (κ1) is 32.4. The Morgan fingerprint density at radius 1 is 1.05 bits per heavy atom. The molecule has 0 spiro atoms. The predicted octanol–water partition coefficient (Wildman–Crippen LogP) is 3.99. The summed E-state index contributed by atoms with van der Waals surface area (Å²) in [4.78, 5) is 53.1. The van der Waals surface area contributed by atoms with E-state index in [1.54, 1.807) is 6.92 Å². The van der Waals surface area contributed by atoms with E-state index in [2.05, 4.69) is 26.4 Å². The van der Waals surface area contributed by atoms with E-state index in [1.165, 1.54) is 6.07 Å². The maximum atomic E-state index is 13.9. The number of nitrogens with zero attached hydrogens (tertiary/aromatic N) is 1. The van der Waals surface area contributed by atoms with Crippen LogP contribution in [0.5, 0.6) is 0 Å². The summed E-state index contributed by atoms with van der Waals surface area (Å²) in [6.45, 7) is 8.17. The van der Waals surface area contributed by atoms with Gasteiger partial charge in [0.15, 0.2) is 5.69 Å². The third-order valence-electron chi connectivity index (χ3n) is 7.82. The monoisotopic (exact) mass is 601 g/mol. The summed E-state index contributed by atoms with van der Waals surface area (Å²) >= 11 is 0. The Kier molecular flexibility index (Phi) is 11.3. The van der Waals surface area contributed by atoms with Crippen LogP contribution in [0.3, 0.4) is 0 Å². The fourth-order valence-electron chi connectivity index (χ4n) is 5.65. The molecule has 4 atom stereocenters. The molecule has 3 aromatic rings. The Balaban J connectivity index is 1.55. The highest BCUT2D eigenvalue weighted by atomic mass is 16.5. The first-order valence-electron chi connectivity index (χ1n) is 15.4. The Morgan fingerprint density at radius 3 is 2.50 bits per heavy atom. The second kappa shape index (κ2) is 15.3. The Labute approximate surface area is 258 Å². The van der Waals surface area contributed by atoms with Crippen molar-refractivity contribution in [2.45, 2.75) is 77.9 Å². The van der Waals surface area contributed by atoms with Crippen LogP contribution in [0.2, 0.25) is 0 Å². The van der Waals surface area contributed by atoms with E-state index >= 15 is 0 Å². The van der Waals surface area contributed by atoms with Crippen LogP contribution in [0.25, 0.3) is 10.8 Å². The highest BCUT2D eigenvalue weighted by Crippen LogP contribution is 2.21. The van der Waals surface area contributed by atoms with E-state index in [4.69, 9.17) is 4.52 Å². The van der Waals surface area contributed by atoms with Gasteiger partial charge in [0, 0.05) is 31.0 Å². The van der Waals surface area contributed by atoms with E-state index < -0.39 is 23.9 Å². The molecule has 1 aliphatic rings. The number of hydrogen-bond acceptors (Lipinski definition) is 6. The lowest BCUT2D eigenvalue weighted by Gasteiger charge is -2.28. The number of amides is 4. The van der Waals surface area contributed by atoms with Gasteiger partial charge in [0.05, 0.1) is 0 Å². The number of carbonyl (C=O) groups is 4. The first-order chi connectivity index (χ1) is 21.1. The molecule has 44 heavy (non-hydrogen) atoms. The fourth-order valence-corrected chi connectivity index (χ4v) is 5.65. The van der Waals surface area contributed by atoms with Crippen molar-refractivity contribution in [1.29, 1.82) is 0 Å². The molecular formula is C34H43N5O5. The van der Waals surface area contributed by atoms with Crippen molar-refractivity contribution in [2.24, 2.45) is 11.8 Å². The lowest BCUT2D eigenvalue weighted by molar-refractivity contribution is -0.131. The van der Waals surface area contributed by atoms with Crippen LogP contribution >= 0.6 is 0 Å². The minimum absolute atomic E-state index is 0.00126. The van der Waals surface area contributed by atoms with Crippen LogP contribution in [-0.2, 0) is 20.8 Å². The second-order valence-electron chi connectivity index (χ2n) is 11.9. The summed E-state index contributed by atoms with van der Waals surface area (Å²) in [6.07, 6.45) is 6.45. The zero-order valence-corrected chi connectivity index (χ0v) is 25.9. The standard InChI is InChI=1S/C34H43N5O5/c1-5-10-26(19-25-14-9-16-35-31(25)40)36-32(41)28(17-21(2)3)37-33(42)29(38-34(43)30-18-22(4)44-39-30)20-24-13-8-12-23-11-6-7-15-27(23)24/h5-8,10-13,15,18,21,25-26,28-29H,9,14,16-17,19-20H2,1-4H3,(H,35,40)(H,36,41)(H,37,42)(H,38,43)/b10-5+/t25-,26+,28-,29-/m0/s1. The molecule has 1 aromatic heterocycles. The summed E-state index contributed by atoms with van der Waals surface area (Å²) in [7, 11) is 0. The minimum atomic E-state index is -0.995. The van der Waals surface area contributed by atoms with Crippen LogP contribution in [-0.4, -0.2) is 53.5 Å². The van der Waals surface area contributed by atoms with Crippen molar-refractivity contribution in [1.82, 2.24) is 26.4 Å². The number of aromatic nitrogens is 1. The van der Waals surface area contributed by atoms with Gasteiger partial charge in [-0.05, 0) is 61.8 Å². The molecule has 10 nitrogen and oxygen atoms in total. The molecule has 1 saturated heterocycles.